The third-order valence-electron chi connectivity index (χ3n) is 4.95. The summed E-state index contributed by atoms with van der Waals surface area (Å²) in [6, 6.07) is -0.393. The fraction of sp³-hybridized carbons (Fsp3) is 0.789. The zero-order chi connectivity index (χ0) is 19.8. The fourth-order valence-corrected chi connectivity index (χ4v) is 3.91. The maximum absolute atomic E-state index is 12.3. The van der Waals surface area contributed by atoms with E-state index in [9.17, 15) is 9.90 Å². The molecule has 0 aromatic rings. The molecule has 0 aromatic carbocycles. The Morgan fingerprint density at radius 3 is 2.67 bits per heavy atom. The van der Waals surface area contributed by atoms with E-state index >= 15 is 0 Å². The Balaban J connectivity index is 1.83. The number of hydrogen-bond donors (Lipinski definition) is 1. The number of ether oxygens (including phenoxy) is 5. The molecule has 3 rings (SSSR count). The average molecular weight is 383 g/mol. The number of carbonyl (C=O) groups excluding carboxylic acids is 1. The molecule has 1 N–H and O–H groups in total. The number of fused-ring (bicyclic) bond motifs is 1. The summed E-state index contributed by atoms with van der Waals surface area (Å²) in [6.07, 6.45) is -0.216. The first kappa shape index (κ1) is 20.3. The standard InChI is InChI=1S/C19H29NO7/c1-6-8-10-13(17(22)24-7-2)12(21)9-11(20-10)14-15(23-5)16-18(25-14)27-19(3,4)26-16/h11,14-16,18,21H,6-9H2,1-5H3/t11?,14?,15-,16+,18+/m0/s1. The van der Waals surface area contributed by atoms with Gasteiger partial charge in [-0.15, -0.1) is 0 Å². The summed E-state index contributed by atoms with van der Waals surface area (Å²) >= 11 is 0. The maximum atomic E-state index is 12.3. The number of esters is 1. The molecule has 8 nitrogen and oxygen atoms in total. The molecule has 3 aliphatic rings. The predicted molar refractivity (Wildman–Crippen MR) is 96.5 cm³/mol. The highest BCUT2D eigenvalue weighted by molar-refractivity contribution is 6.20. The number of nitrogens with zero attached hydrogens (tertiary/aromatic N) is 1. The summed E-state index contributed by atoms with van der Waals surface area (Å²) in [5, 5.41) is 10.6. The van der Waals surface area contributed by atoms with E-state index in [2.05, 4.69) is 0 Å². The van der Waals surface area contributed by atoms with E-state index in [0.29, 0.717) is 12.1 Å². The van der Waals surface area contributed by atoms with Gasteiger partial charge in [0.25, 0.3) is 0 Å². The molecular weight excluding hydrogens is 354 g/mol. The fourth-order valence-electron chi connectivity index (χ4n) is 3.91. The SMILES string of the molecule is CCCC1=NC(C2O[C@@H]3OC(C)(C)O[C@@H]3[C@H]2OC)CC(O)=C1C(=O)OCC. The van der Waals surface area contributed by atoms with Gasteiger partial charge in [0.05, 0.1) is 18.4 Å². The molecule has 27 heavy (non-hydrogen) atoms. The highest BCUT2D eigenvalue weighted by atomic mass is 16.8. The largest absolute Gasteiger partial charge is 0.511 e. The van der Waals surface area contributed by atoms with Crippen LogP contribution >= 0.6 is 0 Å². The van der Waals surface area contributed by atoms with Crippen molar-refractivity contribution < 1.29 is 33.6 Å². The van der Waals surface area contributed by atoms with Crippen molar-refractivity contribution >= 4 is 11.7 Å². The molecule has 152 valence electrons. The Morgan fingerprint density at radius 1 is 1.30 bits per heavy atom. The van der Waals surface area contributed by atoms with Crippen LogP contribution in [0.5, 0.6) is 0 Å². The third-order valence-corrected chi connectivity index (χ3v) is 4.95. The molecule has 8 heteroatoms. The summed E-state index contributed by atoms with van der Waals surface area (Å²) in [4.78, 5) is 17.0. The molecule has 0 radical (unpaired) electrons. The molecule has 2 unspecified atom stereocenters. The lowest BCUT2D eigenvalue weighted by molar-refractivity contribution is -0.218. The molecule has 3 aliphatic heterocycles. The lowest BCUT2D eigenvalue weighted by Crippen LogP contribution is -2.43. The Morgan fingerprint density at radius 2 is 2.04 bits per heavy atom. The van der Waals surface area contributed by atoms with Crippen molar-refractivity contribution in [3.63, 3.8) is 0 Å². The number of dihydropyridines is 1. The van der Waals surface area contributed by atoms with Gasteiger partial charge in [0, 0.05) is 13.5 Å². The average Bonchev–Trinajstić information content (AvgIpc) is 3.06. The van der Waals surface area contributed by atoms with Gasteiger partial charge in [-0.2, -0.15) is 0 Å². The quantitative estimate of drug-likeness (QED) is 0.703. The normalized spacial score (nSPS) is 35.1. The lowest BCUT2D eigenvalue weighted by Gasteiger charge is -2.31. The number of carbonyl (C=O) groups is 1. The van der Waals surface area contributed by atoms with Crippen molar-refractivity contribution in [2.24, 2.45) is 4.99 Å². The molecule has 3 heterocycles. The third kappa shape index (κ3) is 3.89. The van der Waals surface area contributed by atoms with Gasteiger partial charge in [-0.05, 0) is 27.2 Å². The molecule has 0 saturated carbocycles. The molecule has 0 aliphatic carbocycles. The van der Waals surface area contributed by atoms with E-state index in [-0.39, 0.29) is 36.6 Å². The highest BCUT2D eigenvalue weighted by Crippen LogP contribution is 2.41. The van der Waals surface area contributed by atoms with Crippen molar-refractivity contribution in [2.75, 3.05) is 13.7 Å². The summed E-state index contributed by atoms with van der Waals surface area (Å²) < 4.78 is 28.5. The minimum absolute atomic E-state index is 0.0189. The van der Waals surface area contributed by atoms with Crippen LogP contribution in [0.15, 0.2) is 16.3 Å². The van der Waals surface area contributed by atoms with Gasteiger partial charge in [0.1, 0.15) is 29.6 Å². The van der Waals surface area contributed by atoms with Crippen LogP contribution in [0.2, 0.25) is 0 Å². The van der Waals surface area contributed by atoms with Crippen molar-refractivity contribution in [1.29, 1.82) is 0 Å². The van der Waals surface area contributed by atoms with Gasteiger partial charge in [-0.3, -0.25) is 4.99 Å². The first-order valence-corrected chi connectivity index (χ1v) is 9.51. The Labute approximate surface area is 159 Å². The Bertz CT molecular complexity index is 642. The number of aliphatic hydroxyl groups is 1. The van der Waals surface area contributed by atoms with Crippen LogP contribution in [-0.4, -0.2) is 66.9 Å². The van der Waals surface area contributed by atoms with Crippen molar-refractivity contribution in [1.82, 2.24) is 0 Å². The van der Waals surface area contributed by atoms with Gasteiger partial charge in [0.2, 0.25) is 0 Å². The van der Waals surface area contributed by atoms with E-state index in [1.165, 1.54) is 0 Å². The summed E-state index contributed by atoms with van der Waals surface area (Å²) in [5.74, 6) is -1.30. The van der Waals surface area contributed by atoms with Gasteiger partial charge in [-0.25, -0.2) is 4.79 Å². The molecule has 2 fully saturated rings. The zero-order valence-electron chi connectivity index (χ0n) is 16.6. The van der Waals surface area contributed by atoms with Crippen LogP contribution in [0.1, 0.15) is 47.0 Å². The minimum Gasteiger partial charge on any atom is -0.511 e. The first-order chi connectivity index (χ1) is 12.8. The first-order valence-electron chi connectivity index (χ1n) is 9.51. The minimum atomic E-state index is -0.737. The van der Waals surface area contributed by atoms with Crippen LogP contribution in [0.4, 0.5) is 0 Å². The van der Waals surface area contributed by atoms with Crippen molar-refractivity contribution in [2.45, 2.75) is 83.4 Å². The molecule has 0 aromatic heterocycles. The number of aliphatic hydroxyl groups excluding tert-OH is 1. The van der Waals surface area contributed by atoms with Crippen molar-refractivity contribution in [3.05, 3.63) is 11.3 Å². The van der Waals surface area contributed by atoms with E-state index in [0.717, 1.165) is 6.42 Å². The van der Waals surface area contributed by atoms with E-state index < -0.39 is 30.2 Å². The zero-order valence-corrected chi connectivity index (χ0v) is 16.6. The van der Waals surface area contributed by atoms with E-state index in [4.69, 9.17) is 28.7 Å². The maximum Gasteiger partial charge on any atom is 0.343 e. The predicted octanol–water partition coefficient (Wildman–Crippen LogP) is 2.27. The summed E-state index contributed by atoms with van der Waals surface area (Å²) in [7, 11) is 1.59. The van der Waals surface area contributed by atoms with E-state index in [1.807, 2.05) is 20.8 Å². The van der Waals surface area contributed by atoms with Gasteiger partial charge in [-0.1, -0.05) is 13.3 Å². The molecule has 0 amide bonds. The van der Waals surface area contributed by atoms with Crippen LogP contribution in [0, 0.1) is 0 Å². The molecule has 2 saturated heterocycles. The Kier molecular flexibility index (Phi) is 5.90. The number of rotatable bonds is 6. The summed E-state index contributed by atoms with van der Waals surface area (Å²) in [6.45, 7) is 7.62. The van der Waals surface area contributed by atoms with Gasteiger partial charge < -0.3 is 28.8 Å². The molecule has 5 atom stereocenters. The second-order valence-electron chi connectivity index (χ2n) is 7.41. The second kappa shape index (κ2) is 7.87. The molecular formula is C19H29NO7. The van der Waals surface area contributed by atoms with Gasteiger partial charge in [0.15, 0.2) is 12.1 Å². The summed E-state index contributed by atoms with van der Waals surface area (Å²) in [5.41, 5.74) is 0.720. The van der Waals surface area contributed by atoms with E-state index in [1.54, 1.807) is 14.0 Å². The van der Waals surface area contributed by atoms with Crippen molar-refractivity contribution in [3.8, 4) is 0 Å². The number of hydrogen-bond acceptors (Lipinski definition) is 8. The molecule has 0 spiro atoms. The van der Waals surface area contributed by atoms with Crippen LogP contribution in [0.3, 0.4) is 0 Å². The van der Waals surface area contributed by atoms with Crippen LogP contribution in [-0.2, 0) is 28.5 Å². The number of methoxy groups -OCH3 is 1. The topological polar surface area (TPSA) is 95.8 Å². The van der Waals surface area contributed by atoms with Crippen LogP contribution < -0.4 is 0 Å². The Hall–Kier alpha value is -1.48. The smallest absolute Gasteiger partial charge is 0.343 e. The lowest BCUT2D eigenvalue weighted by atomic mass is 9.92. The molecule has 0 bridgehead atoms. The second-order valence-corrected chi connectivity index (χ2v) is 7.41. The number of aliphatic imine (C=N–C) groups is 1. The van der Waals surface area contributed by atoms with Gasteiger partial charge >= 0.3 is 5.97 Å². The highest BCUT2D eigenvalue weighted by Gasteiger charge is 2.57. The monoisotopic (exact) mass is 383 g/mol. The van der Waals surface area contributed by atoms with Crippen LogP contribution in [0.25, 0.3) is 0 Å².